The van der Waals surface area contributed by atoms with Gasteiger partial charge in [-0.2, -0.15) is 18.2 Å². The van der Waals surface area contributed by atoms with Crippen molar-refractivity contribution in [1.29, 1.82) is 0 Å². The number of sulfone groups is 1. The van der Waals surface area contributed by atoms with E-state index in [4.69, 9.17) is 4.74 Å². The molecule has 1 amide bonds. The van der Waals surface area contributed by atoms with Crippen molar-refractivity contribution in [3.63, 3.8) is 0 Å². The quantitative estimate of drug-likeness (QED) is 0.256. The molecule has 1 aromatic heterocycles. The van der Waals surface area contributed by atoms with E-state index in [2.05, 4.69) is 10.3 Å². The minimum absolute atomic E-state index is 0.00241. The maximum absolute atomic E-state index is 13.3. The first kappa shape index (κ1) is 30.1. The fourth-order valence-electron chi connectivity index (χ4n) is 4.37. The van der Waals surface area contributed by atoms with E-state index in [1.54, 1.807) is 54.0 Å². The van der Waals surface area contributed by atoms with Gasteiger partial charge < -0.3 is 15.0 Å². The molecule has 0 aliphatic rings. The highest BCUT2D eigenvalue weighted by Crippen LogP contribution is 2.32. The van der Waals surface area contributed by atoms with E-state index in [9.17, 15) is 26.4 Å². The normalized spacial score (nSPS) is 13.0. The second-order valence-corrected chi connectivity index (χ2v) is 12.0. The fourth-order valence-corrected chi connectivity index (χ4v) is 5.25. The molecule has 0 saturated heterocycles. The molecule has 0 radical (unpaired) electrons. The highest BCUT2D eigenvalue weighted by atomic mass is 32.2. The summed E-state index contributed by atoms with van der Waals surface area (Å²) in [5.41, 5.74) is 1.51. The van der Waals surface area contributed by atoms with Gasteiger partial charge in [0.05, 0.1) is 33.3 Å². The Hall–Kier alpha value is -3.90. The summed E-state index contributed by atoms with van der Waals surface area (Å²) in [6.45, 7) is 4.42. The number of rotatable bonds is 10. The number of halogens is 3. The Labute approximate surface area is 236 Å². The Balaban J connectivity index is 1.58. The maximum atomic E-state index is 13.3. The Morgan fingerprint density at radius 2 is 1.68 bits per heavy atom. The zero-order valence-corrected chi connectivity index (χ0v) is 23.9. The number of ether oxygens (including phenoxy) is 1. The van der Waals surface area contributed by atoms with Crippen LogP contribution >= 0.6 is 0 Å². The largest absolute Gasteiger partial charge is 0.425 e. The molecule has 4 rings (SSSR count). The number of nitrogens with one attached hydrogen (secondary N) is 1. The monoisotopic (exact) mass is 588 g/mol. The molecule has 3 aromatic carbocycles. The molecule has 1 N–H and O–H groups in total. The van der Waals surface area contributed by atoms with Gasteiger partial charge in [-0.25, -0.2) is 8.42 Å². The SMILES string of the molecule is CCn1c(Oc2ccc(C(F)(F)F)cc2)nc2cc(C(=O)N[C@@H](CN(C)C)c3ccc(S(=O)(=O)CC)cc3)ccc21. The van der Waals surface area contributed by atoms with Crippen LogP contribution in [0.5, 0.6) is 11.8 Å². The van der Waals surface area contributed by atoms with Crippen LogP contribution in [0.1, 0.15) is 41.4 Å². The lowest BCUT2D eigenvalue weighted by Gasteiger charge is -2.23. The summed E-state index contributed by atoms with van der Waals surface area (Å²) < 4.78 is 70.7. The lowest BCUT2D eigenvalue weighted by molar-refractivity contribution is -0.137. The summed E-state index contributed by atoms with van der Waals surface area (Å²) in [4.78, 5) is 19.9. The Kier molecular flexibility index (Phi) is 8.74. The number of hydrogen-bond acceptors (Lipinski definition) is 6. The van der Waals surface area contributed by atoms with Crippen LogP contribution in [-0.2, 0) is 22.6 Å². The summed E-state index contributed by atoms with van der Waals surface area (Å²) >= 11 is 0. The molecular formula is C29H31F3N4O4S. The van der Waals surface area contributed by atoms with Crippen LogP contribution in [-0.4, -0.2) is 55.2 Å². The molecule has 0 aliphatic carbocycles. The highest BCUT2D eigenvalue weighted by Gasteiger charge is 2.30. The van der Waals surface area contributed by atoms with Gasteiger partial charge >= 0.3 is 12.2 Å². The highest BCUT2D eigenvalue weighted by molar-refractivity contribution is 7.91. The molecule has 0 saturated carbocycles. The molecule has 4 aromatic rings. The molecule has 1 atom stereocenters. The summed E-state index contributed by atoms with van der Waals surface area (Å²) in [6.07, 6.45) is -4.45. The van der Waals surface area contributed by atoms with Crippen LogP contribution in [0.3, 0.4) is 0 Å². The van der Waals surface area contributed by atoms with Crippen molar-refractivity contribution < 1.29 is 31.1 Å². The Bertz CT molecular complexity index is 1630. The molecule has 0 spiro atoms. The molecule has 1 heterocycles. The number of carbonyl (C=O) groups is 1. The zero-order chi connectivity index (χ0) is 29.9. The first-order valence-electron chi connectivity index (χ1n) is 13.0. The third kappa shape index (κ3) is 6.88. The minimum atomic E-state index is -4.45. The van der Waals surface area contributed by atoms with Crippen LogP contribution in [0.2, 0.25) is 0 Å². The summed E-state index contributed by atoms with van der Waals surface area (Å²) in [7, 11) is 0.399. The molecule has 0 bridgehead atoms. The van der Waals surface area contributed by atoms with Crippen molar-refractivity contribution >= 4 is 26.8 Å². The van der Waals surface area contributed by atoms with E-state index in [-0.39, 0.29) is 28.3 Å². The van der Waals surface area contributed by atoms with Crippen LogP contribution in [0.15, 0.2) is 71.6 Å². The van der Waals surface area contributed by atoms with E-state index >= 15 is 0 Å². The van der Waals surface area contributed by atoms with E-state index in [0.717, 1.165) is 17.7 Å². The van der Waals surface area contributed by atoms with E-state index in [1.165, 1.54) is 12.1 Å². The maximum Gasteiger partial charge on any atom is 0.416 e. The van der Waals surface area contributed by atoms with Gasteiger partial charge in [0.15, 0.2) is 9.84 Å². The lowest BCUT2D eigenvalue weighted by atomic mass is 10.1. The van der Waals surface area contributed by atoms with Gasteiger partial charge in [0.25, 0.3) is 5.91 Å². The zero-order valence-electron chi connectivity index (χ0n) is 23.1. The smallest absolute Gasteiger partial charge is 0.416 e. The van der Waals surface area contributed by atoms with Gasteiger partial charge in [-0.05, 0) is 81.2 Å². The first-order valence-corrected chi connectivity index (χ1v) is 14.6. The second-order valence-electron chi connectivity index (χ2n) is 9.73. The van der Waals surface area contributed by atoms with Crippen LogP contribution in [0.4, 0.5) is 13.2 Å². The molecule has 0 fully saturated rings. The number of alkyl halides is 3. The number of carbonyl (C=O) groups excluding carboxylic acids is 1. The number of aromatic nitrogens is 2. The van der Waals surface area contributed by atoms with Gasteiger partial charge in [0.1, 0.15) is 5.75 Å². The Morgan fingerprint density at radius 1 is 1.02 bits per heavy atom. The summed E-state index contributed by atoms with van der Waals surface area (Å²) in [5.74, 6) is -0.150. The number of benzene rings is 3. The van der Waals surface area contributed by atoms with Crippen molar-refractivity contribution in [3.05, 3.63) is 83.4 Å². The van der Waals surface area contributed by atoms with Crippen LogP contribution < -0.4 is 10.1 Å². The summed E-state index contributed by atoms with van der Waals surface area (Å²) in [6, 6.07) is 15.6. The van der Waals surface area contributed by atoms with Crippen LogP contribution in [0, 0.1) is 0 Å². The number of aryl methyl sites for hydroxylation is 1. The van der Waals surface area contributed by atoms with Gasteiger partial charge in [0, 0.05) is 18.7 Å². The van der Waals surface area contributed by atoms with Gasteiger partial charge in [-0.15, -0.1) is 0 Å². The van der Waals surface area contributed by atoms with Gasteiger partial charge in [-0.3, -0.25) is 9.36 Å². The number of fused-ring (bicyclic) bond motifs is 1. The van der Waals surface area contributed by atoms with E-state index < -0.39 is 27.6 Å². The molecule has 12 heteroatoms. The summed E-state index contributed by atoms with van der Waals surface area (Å²) in [5, 5.41) is 3.02. The third-order valence-corrected chi connectivity index (χ3v) is 8.31. The van der Waals surface area contributed by atoms with Crippen molar-refractivity contribution in [1.82, 2.24) is 19.8 Å². The van der Waals surface area contributed by atoms with Crippen molar-refractivity contribution in [2.45, 2.75) is 37.5 Å². The number of imidazole rings is 1. The predicted molar refractivity (Wildman–Crippen MR) is 150 cm³/mol. The van der Waals surface area contributed by atoms with Gasteiger partial charge in [-0.1, -0.05) is 19.1 Å². The molecule has 0 aliphatic heterocycles. The number of likely N-dealkylation sites (N-methyl/N-ethyl adjacent to an activating group) is 1. The number of nitrogens with zero attached hydrogens (tertiary/aromatic N) is 3. The minimum Gasteiger partial charge on any atom is -0.425 e. The van der Waals surface area contributed by atoms with Gasteiger partial charge in [0.2, 0.25) is 0 Å². The number of hydrogen-bond donors (Lipinski definition) is 1. The van der Waals surface area contributed by atoms with E-state index in [1.807, 2.05) is 25.9 Å². The predicted octanol–water partition coefficient (Wildman–Crippen LogP) is 5.69. The second kappa shape index (κ2) is 11.9. The topological polar surface area (TPSA) is 93.5 Å². The standard InChI is InChI=1S/C29H31F3N4O4S/c1-5-36-26-16-9-20(17-24(26)34-28(36)40-22-12-10-21(11-13-22)29(30,31)32)27(37)33-25(18-35(3)4)19-7-14-23(15-8-19)41(38,39)6-2/h7-17,25H,5-6,18H2,1-4H3,(H,33,37)/t25-/m0/s1. The van der Waals surface area contributed by atoms with Crippen LogP contribution in [0.25, 0.3) is 11.0 Å². The molecule has 218 valence electrons. The lowest BCUT2D eigenvalue weighted by Crippen LogP contribution is -2.35. The third-order valence-electron chi connectivity index (χ3n) is 6.56. The van der Waals surface area contributed by atoms with Crippen molar-refractivity contribution in [2.24, 2.45) is 0 Å². The fraction of sp³-hybridized carbons (Fsp3) is 0.310. The molecule has 41 heavy (non-hydrogen) atoms. The van der Waals surface area contributed by atoms with E-state index in [0.29, 0.717) is 29.7 Å². The molecule has 8 nitrogen and oxygen atoms in total. The average molecular weight is 589 g/mol. The molecule has 0 unspecified atom stereocenters. The first-order chi connectivity index (χ1) is 19.3. The van der Waals surface area contributed by atoms with Crippen molar-refractivity contribution in [3.8, 4) is 11.8 Å². The average Bonchev–Trinajstić information content (AvgIpc) is 3.28. The Morgan fingerprint density at radius 3 is 2.24 bits per heavy atom. The molecular weight excluding hydrogens is 557 g/mol. The van der Waals surface area contributed by atoms with Crippen molar-refractivity contribution in [2.75, 3.05) is 26.4 Å². The number of amides is 1.